The van der Waals surface area contributed by atoms with E-state index in [1.165, 1.54) is 25.7 Å². The largest absolute Gasteiger partial charge is 0.353 e. The van der Waals surface area contributed by atoms with Gasteiger partial charge in [0.25, 0.3) is 0 Å². The minimum atomic E-state index is 0.0646. The van der Waals surface area contributed by atoms with Crippen molar-refractivity contribution in [1.82, 2.24) is 14.7 Å². The van der Waals surface area contributed by atoms with Crippen LogP contribution in [0.15, 0.2) is 24.5 Å². The molecule has 0 radical (unpaired) electrons. The molecule has 0 aliphatic heterocycles. The molecule has 2 aromatic heterocycles. The Labute approximate surface area is 141 Å². The van der Waals surface area contributed by atoms with E-state index in [0.29, 0.717) is 17.4 Å². The van der Waals surface area contributed by atoms with Gasteiger partial charge in [0.15, 0.2) is 0 Å². The molecule has 1 N–H and O–H groups in total. The van der Waals surface area contributed by atoms with Gasteiger partial charge in [-0.3, -0.25) is 4.79 Å². The summed E-state index contributed by atoms with van der Waals surface area (Å²) in [5, 5.41) is 3.86. The predicted molar refractivity (Wildman–Crippen MR) is 90.4 cm³/mol. The smallest absolute Gasteiger partial charge is 0.226 e. The summed E-state index contributed by atoms with van der Waals surface area (Å²) in [5.74, 6) is 2.47. The minimum Gasteiger partial charge on any atom is -0.353 e. The van der Waals surface area contributed by atoms with Crippen LogP contribution in [0.5, 0.6) is 0 Å². The molecule has 5 heteroatoms. The van der Waals surface area contributed by atoms with E-state index in [1.807, 2.05) is 28.9 Å². The van der Waals surface area contributed by atoms with Crippen molar-refractivity contribution in [2.24, 2.45) is 17.8 Å². The molecular weight excluding hydrogens is 310 g/mol. The fourth-order valence-corrected chi connectivity index (χ4v) is 4.75. The lowest BCUT2D eigenvalue weighted by molar-refractivity contribution is -0.121. The van der Waals surface area contributed by atoms with E-state index < -0.39 is 0 Å². The third kappa shape index (κ3) is 2.97. The number of rotatable bonds is 4. The highest BCUT2D eigenvalue weighted by atomic mass is 35.5. The van der Waals surface area contributed by atoms with Gasteiger partial charge < -0.3 is 9.72 Å². The Morgan fingerprint density at radius 3 is 3.00 bits per heavy atom. The van der Waals surface area contributed by atoms with Crippen LogP contribution in [0, 0.1) is 17.8 Å². The first kappa shape index (κ1) is 15.0. The van der Waals surface area contributed by atoms with Crippen molar-refractivity contribution >= 4 is 23.2 Å². The van der Waals surface area contributed by atoms with Crippen LogP contribution in [0.4, 0.5) is 0 Å². The number of carbonyl (C=O) groups is 1. The Balaban J connectivity index is 1.39. The second-order valence-electron chi connectivity index (χ2n) is 7.22. The number of nitrogens with one attached hydrogen (secondary N) is 1. The van der Waals surface area contributed by atoms with Gasteiger partial charge in [-0.2, -0.15) is 0 Å². The first-order chi connectivity index (χ1) is 11.1. The lowest BCUT2D eigenvalue weighted by atomic mass is 9.84. The summed E-state index contributed by atoms with van der Waals surface area (Å²) in [6, 6.07) is 3.94. The second-order valence-corrected chi connectivity index (χ2v) is 7.65. The van der Waals surface area contributed by atoms with E-state index >= 15 is 0 Å². The monoisotopic (exact) mass is 331 g/mol. The summed E-state index contributed by atoms with van der Waals surface area (Å²) < 4.78 is 1.87. The van der Waals surface area contributed by atoms with Gasteiger partial charge in [-0.15, -0.1) is 0 Å². The van der Waals surface area contributed by atoms with Crippen LogP contribution in [0.3, 0.4) is 0 Å². The molecule has 2 aliphatic carbocycles. The number of amides is 1. The van der Waals surface area contributed by atoms with Gasteiger partial charge in [0.1, 0.15) is 5.65 Å². The Morgan fingerprint density at radius 1 is 1.39 bits per heavy atom. The highest BCUT2D eigenvalue weighted by Gasteiger charge is 2.42. The van der Waals surface area contributed by atoms with Gasteiger partial charge in [0.05, 0.1) is 17.1 Å². The average molecular weight is 332 g/mol. The standard InChI is InChI=1S/C18H22ClN3O/c1-11(16-7-12-2-3-13(16)6-12)20-18(23)8-15-10-22-9-14(19)4-5-17(22)21-15/h4-5,9-13,16H,2-3,6-8H2,1H3,(H,20,23). The first-order valence-corrected chi connectivity index (χ1v) is 8.89. The fraction of sp³-hybridized carbons (Fsp3) is 0.556. The quantitative estimate of drug-likeness (QED) is 0.932. The normalized spacial score (nSPS) is 27.5. The highest BCUT2D eigenvalue weighted by molar-refractivity contribution is 6.30. The number of fused-ring (bicyclic) bond motifs is 3. The minimum absolute atomic E-state index is 0.0646. The molecule has 1 amide bonds. The van der Waals surface area contributed by atoms with Crippen LogP contribution in [0.25, 0.3) is 5.65 Å². The van der Waals surface area contributed by atoms with E-state index in [9.17, 15) is 4.79 Å². The van der Waals surface area contributed by atoms with Crippen molar-refractivity contribution in [3.05, 3.63) is 35.2 Å². The summed E-state index contributed by atoms with van der Waals surface area (Å²) in [5.41, 5.74) is 1.60. The van der Waals surface area contributed by atoms with E-state index in [1.54, 1.807) is 0 Å². The van der Waals surface area contributed by atoms with Gasteiger partial charge in [-0.05, 0) is 56.1 Å². The summed E-state index contributed by atoms with van der Waals surface area (Å²) >= 11 is 5.98. The SMILES string of the molecule is CC(NC(=O)Cc1cn2cc(Cl)ccc2n1)C1CC2CCC1C2. The van der Waals surface area contributed by atoms with Crippen LogP contribution < -0.4 is 5.32 Å². The van der Waals surface area contributed by atoms with Crippen molar-refractivity contribution in [3.63, 3.8) is 0 Å². The summed E-state index contributed by atoms with van der Waals surface area (Å²) in [6.45, 7) is 2.16. The molecule has 0 saturated heterocycles. The van der Waals surface area contributed by atoms with Crippen LogP contribution >= 0.6 is 11.6 Å². The first-order valence-electron chi connectivity index (χ1n) is 8.51. The number of hydrogen-bond acceptors (Lipinski definition) is 2. The van der Waals surface area contributed by atoms with Crippen molar-refractivity contribution in [2.45, 2.75) is 45.1 Å². The maximum atomic E-state index is 12.3. The maximum absolute atomic E-state index is 12.3. The average Bonchev–Trinajstić information content (AvgIpc) is 3.20. The third-order valence-corrected chi connectivity index (χ3v) is 5.85. The number of aromatic nitrogens is 2. The topological polar surface area (TPSA) is 46.4 Å². The van der Waals surface area contributed by atoms with Crippen LogP contribution in [0.1, 0.15) is 38.3 Å². The summed E-state index contributed by atoms with van der Waals surface area (Å²) in [7, 11) is 0. The lowest BCUT2D eigenvalue weighted by Gasteiger charge is -2.28. The van der Waals surface area contributed by atoms with Crippen LogP contribution in [0.2, 0.25) is 5.02 Å². The number of hydrogen-bond donors (Lipinski definition) is 1. The van der Waals surface area contributed by atoms with Gasteiger partial charge in [-0.25, -0.2) is 4.98 Å². The number of pyridine rings is 1. The number of carbonyl (C=O) groups excluding carboxylic acids is 1. The van der Waals surface area contributed by atoms with E-state index in [2.05, 4.69) is 17.2 Å². The molecule has 122 valence electrons. The number of halogens is 1. The zero-order valence-electron chi connectivity index (χ0n) is 13.3. The molecule has 2 fully saturated rings. The molecule has 0 spiro atoms. The molecule has 2 bridgehead atoms. The fourth-order valence-electron chi connectivity index (χ4n) is 4.59. The van der Waals surface area contributed by atoms with Crippen molar-refractivity contribution in [2.75, 3.05) is 0 Å². The van der Waals surface area contributed by atoms with Crippen molar-refractivity contribution < 1.29 is 4.79 Å². The van der Waals surface area contributed by atoms with Crippen molar-refractivity contribution in [1.29, 1.82) is 0 Å². The zero-order chi connectivity index (χ0) is 16.0. The molecule has 0 aromatic carbocycles. The number of nitrogens with zero attached hydrogens (tertiary/aromatic N) is 2. The third-order valence-electron chi connectivity index (χ3n) is 5.63. The molecular formula is C18H22ClN3O. The zero-order valence-corrected chi connectivity index (χ0v) is 14.1. The maximum Gasteiger partial charge on any atom is 0.226 e. The second kappa shape index (κ2) is 5.82. The van der Waals surface area contributed by atoms with E-state index in [-0.39, 0.29) is 11.9 Å². The Bertz CT molecular complexity index is 741. The van der Waals surface area contributed by atoms with E-state index in [4.69, 9.17) is 11.6 Å². The molecule has 4 rings (SSSR count). The van der Waals surface area contributed by atoms with Gasteiger partial charge in [0, 0.05) is 18.4 Å². The van der Waals surface area contributed by atoms with Gasteiger partial charge in [0.2, 0.25) is 5.91 Å². The molecule has 2 aromatic rings. The Kier molecular flexibility index (Phi) is 3.80. The molecule has 2 saturated carbocycles. The Morgan fingerprint density at radius 2 is 2.26 bits per heavy atom. The summed E-state index contributed by atoms with van der Waals surface area (Å²) in [4.78, 5) is 16.8. The highest BCUT2D eigenvalue weighted by Crippen LogP contribution is 2.49. The number of imidazole rings is 1. The van der Waals surface area contributed by atoms with Crippen LogP contribution in [-0.4, -0.2) is 21.3 Å². The Hall–Kier alpha value is -1.55. The van der Waals surface area contributed by atoms with Gasteiger partial charge in [-0.1, -0.05) is 18.0 Å². The predicted octanol–water partition coefficient (Wildman–Crippen LogP) is 3.47. The summed E-state index contributed by atoms with van der Waals surface area (Å²) in [6.07, 6.45) is 9.42. The van der Waals surface area contributed by atoms with Crippen molar-refractivity contribution in [3.8, 4) is 0 Å². The molecule has 23 heavy (non-hydrogen) atoms. The molecule has 4 unspecified atom stereocenters. The van der Waals surface area contributed by atoms with Crippen LogP contribution in [-0.2, 0) is 11.2 Å². The molecule has 4 atom stereocenters. The molecule has 2 heterocycles. The molecule has 4 nitrogen and oxygen atoms in total. The molecule has 2 aliphatic rings. The lowest BCUT2D eigenvalue weighted by Crippen LogP contribution is -2.40. The van der Waals surface area contributed by atoms with Gasteiger partial charge >= 0.3 is 0 Å². The van der Waals surface area contributed by atoms with E-state index in [0.717, 1.165) is 23.2 Å².